The minimum absolute atomic E-state index is 0.0154. The van der Waals surface area contributed by atoms with Gasteiger partial charge in [0.1, 0.15) is 10.7 Å². The molecule has 0 radical (unpaired) electrons. The number of carbonyl (C=O) groups is 1. The molecule has 2 rings (SSSR count). The second-order valence-corrected chi connectivity index (χ2v) is 4.85. The smallest absolute Gasteiger partial charge is 0.356 e. The highest BCUT2D eigenvalue weighted by Gasteiger charge is 2.17. The van der Waals surface area contributed by atoms with Crippen LogP contribution in [0.3, 0.4) is 0 Å². The predicted octanol–water partition coefficient (Wildman–Crippen LogP) is 3.12. The van der Waals surface area contributed by atoms with E-state index in [1.807, 2.05) is 0 Å². The van der Waals surface area contributed by atoms with Gasteiger partial charge in [0.25, 0.3) is 0 Å². The SMILES string of the molecule is CCOC(=O)c1[nH]c2ccc(Br)cc2c(=O)c1Cl. The van der Waals surface area contributed by atoms with Crippen molar-refractivity contribution in [1.29, 1.82) is 0 Å². The van der Waals surface area contributed by atoms with E-state index in [4.69, 9.17) is 16.3 Å². The lowest BCUT2D eigenvalue weighted by atomic mass is 10.2. The third-order valence-corrected chi connectivity index (χ3v) is 3.24. The van der Waals surface area contributed by atoms with Crippen molar-refractivity contribution in [3.05, 3.63) is 43.6 Å². The van der Waals surface area contributed by atoms with Gasteiger partial charge in [0.05, 0.1) is 12.1 Å². The Morgan fingerprint density at radius 2 is 2.22 bits per heavy atom. The summed E-state index contributed by atoms with van der Waals surface area (Å²) in [5, 5.41) is 0.265. The summed E-state index contributed by atoms with van der Waals surface area (Å²) in [6.07, 6.45) is 0. The number of pyridine rings is 1. The lowest BCUT2D eigenvalue weighted by molar-refractivity contribution is 0.0520. The van der Waals surface area contributed by atoms with E-state index < -0.39 is 11.4 Å². The Bertz CT molecular complexity index is 681. The summed E-state index contributed by atoms with van der Waals surface area (Å²) >= 11 is 9.17. The molecular weight excluding hydrogens is 321 g/mol. The fourth-order valence-corrected chi connectivity index (χ4v) is 2.17. The van der Waals surface area contributed by atoms with Gasteiger partial charge >= 0.3 is 5.97 Å². The van der Waals surface area contributed by atoms with Gasteiger partial charge in [-0.05, 0) is 25.1 Å². The predicted molar refractivity (Wildman–Crippen MR) is 73.2 cm³/mol. The van der Waals surface area contributed by atoms with Gasteiger partial charge < -0.3 is 9.72 Å². The second kappa shape index (κ2) is 5.12. The number of aromatic amines is 1. The number of halogens is 2. The normalized spacial score (nSPS) is 10.6. The van der Waals surface area contributed by atoms with Crippen LogP contribution in [0.2, 0.25) is 5.02 Å². The zero-order valence-electron chi connectivity index (χ0n) is 9.42. The van der Waals surface area contributed by atoms with E-state index in [2.05, 4.69) is 20.9 Å². The van der Waals surface area contributed by atoms with Gasteiger partial charge in [-0.25, -0.2) is 4.79 Å². The van der Waals surface area contributed by atoms with E-state index in [1.165, 1.54) is 0 Å². The molecule has 0 amide bonds. The van der Waals surface area contributed by atoms with Crippen LogP contribution in [-0.4, -0.2) is 17.6 Å². The Morgan fingerprint density at radius 1 is 1.50 bits per heavy atom. The van der Waals surface area contributed by atoms with Crippen molar-refractivity contribution in [2.45, 2.75) is 6.92 Å². The van der Waals surface area contributed by atoms with Gasteiger partial charge in [0.2, 0.25) is 5.43 Å². The number of rotatable bonds is 2. The van der Waals surface area contributed by atoms with Gasteiger partial charge in [-0.2, -0.15) is 0 Å². The van der Waals surface area contributed by atoms with Crippen molar-refractivity contribution < 1.29 is 9.53 Å². The molecule has 0 saturated carbocycles. The molecule has 0 fully saturated rings. The van der Waals surface area contributed by atoms with Crippen LogP contribution in [0, 0.1) is 0 Å². The average Bonchev–Trinajstić information content (AvgIpc) is 2.34. The van der Waals surface area contributed by atoms with E-state index >= 15 is 0 Å². The van der Waals surface area contributed by atoms with Crippen LogP contribution in [0.15, 0.2) is 27.5 Å². The molecule has 1 aromatic heterocycles. The van der Waals surface area contributed by atoms with E-state index in [-0.39, 0.29) is 17.3 Å². The molecule has 18 heavy (non-hydrogen) atoms. The highest BCUT2D eigenvalue weighted by molar-refractivity contribution is 9.10. The molecule has 0 aliphatic rings. The van der Waals surface area contributed by atoms with Crippen LogP contribution in [-0.2, 0) is 4.74 Å². The Kier molecular flexibility index (Phi) is 3.73. The van der Waals surface area contributed by atoms with Crippen molar-refractivity contribution in [2.24, 2.45) is 0 Å². The van der Waals surface area contributed by atoms with Crippen LogP contribution in [0.5, 0.6) is 0 Å². The summed E-state index contributed by atoms with van der Waals surface area (Å²) in [5.74, 6) is -0.635. The summed E-state index contributed by atoms with van der Waals surface area (Å²) in [6, 6.07) is 5.11. The minimum atomic E-state index is -0.635. The fourth-order valence-electron chi connectivity index (χ4n) is 1.58. The first-order valence-electron chi connectivity index (χ1n) is 5.22. The first kappa shape index (κ1) is 13.1. The highest BCUT2D eigenvalue weighted by Crippen LogP contribution is 2.20. The minimum Gasteiger partial charge on any atom is -0.461 e. The maximum atomic E-state index is 12.0. The summed E-state index contributed by atoms with van der Waals surface area (Å²) in [6.45, 7) is 1.90. The molecule has 1 heterocycles. The van der Waals surface area contributed by atoms with Gasteiger partial charge in [0, 0.05) is 9.86 Å². The number of ether oxygens (including phenoxy) is 1. The summed E-state index contributed by atoms with van der Waals surface area (Å²) in [7, 11) is 0. The third kappa shape index (κ3) is 2.28. The molecule has 4 nitrogen and oxygen atoms in total. The van der Waals surface area contributed by atoms with Crippen molar-refractivity contribution in [3.63, 3.8) is 0 Å². The largest absolute Gasteiger partial charge is 0.461 e. The van der Waals surface area contributed by atoms with Crippen molar-refractivity contribution in [3.8, 4) is 0 Å². The van der Waals surface area contributed by atoms with Crippen LogP contribution in [0.1, 0.15) is 17.4 Å². The first-order valence-corrected chi connectivity index (χ1v) is 6.40. The summed E-state index contributed by atoms with van der Waals surface area (Å²) < 4.78 is 5.60. The molecule has 2 aromatic rings. The topological polar surface area (TPSA) is 59.2 Å². The fraction of sp³-hybridized carbons (Fsp3) is 0.167. The molecule has 0 spiro atoms. The van der Waals surface area contributed by atoms with Crippen molar-refractivity contribution in [2.75, 3.05) is 6.61 Å². The number of H-pyrrole nitrogens is 1. The highest BCUT2D eigenvalue weighted by atomic mass is 79.9. The van der Waals surface area contributed by atoms with E-state index in [9.17, 15) is 9.59 Å². The molecule has 0 aliphatic carbocycles. The number of nitrogens with one attached hydrogen (secondary N) is 1. The third-order valence-electron chi connectivity index (χ3n) is 2.38. The Morgan fingerprint density at radius 3 is 2.89 bits per heavy atom. The Balaban J connectivity index is 2.72. The Labute approximate surface area is 116 Å². The van der Waals surface area contributed by atoms with Crippen LogP contribution in [0.4, 0.5) is 0 Å². The van der Waals surface area contributed by atoms with Crippen molar-refractivity contribution >= 4 is 44.4 Å². The number of benzene rings is 1. The van der Waals surface area contributed by atoms with E-state index in [0.717, 1.165) is 4.47 Å². The number of fused-ring (bicyclic) bond motifs is 1. The maximum absolute atomic E-state index is 12.0. The Hall–Kier alpha value is -1.33. The molecular formula is C12H9BrClNO3. The first-order chi connectivity index (χ1) is 8.54. The summed E-state index contributed by atoms with van der Waals surface area (Å²) in [5.41, 5.74) is 0.128. The van der Waals surface area contributed by atoms with Crippen LogP contribution >= 0.6 is 27.5 Å². The van der Waals surface area contributed by atoms with Crippen molar-refractivity contribution in [1.82, 2.24) is 4.98 Å². The quantitative estimate of drug-likeness (QED) is 0.861. The number of hydrogen-bond acceptors (Lipinski definition) is 3. The van der Waals surface area contributed by atoms with E-state index in [0.29, 0.717) is 10.9 Å². The molecule has 0 unspecified atom stereocenters. The zero-order valence-corrected chi connectivity index (χ0v) is 11.8. The second-order valence-electron chi connectivity index (χ2n) is 3.55. The molecule has 0 bridgehead atoms. The van der Waals surface area contributed by atoms with Gasteiger partial charge in [0.15, 0.2) is 0 Å². The van der Waals surface area contributed by atoms with E-state index in [1.54, 1.807) is 25.1 Å². The molecule has 1 aromatic carbocycles. The standard InChI is InChI=1S/C12H9BrClNO3/c1-2-18-12(17)10-9(14)11(16)7-5-6(13)3-4-8(7)15-10/h3-5H,2H2,1H3,(H,15,16). The molecule has 0 aliphatic heterocycles. The lowest BCUT2D eigenvalue weighted by Crippen LogP contribution is -2.15. The van der Waals surface area contributed by atoms with Gasteiger partial charge in [-0.1, -0.05) is 27.5 Å². The molecule has 0 atom stereocenters. The number of esters is 1. The molecule has 1 N–H and O–H groups in total. The molecule has 94 valence electrons. The number of aromatic nitrogens is 1. The number of hydrogen-bond donors (Lipinski definition) is 1. The van der Waals surface area contributed by atoms with Gasteiger partial charge in [-0.15, -0.1) is 0 Å². The average molecular weight is 331 g/mol. The monoisotopic (exact) mass is 329 g/mol. The van der Waals surface area contributed by atoms with Gasteiger partial charge in [-0.3, -0.25) is 4.79 Å². The lowest BCUT2D eigenvalue weighted by Gasteiger charge is -2.06. The maximum Gasteiger partial charge on any atom is 0.356 e. The number of carbonyl (C=O) groups excluding carboxylic acids is 1. The van der Waals surface area contributed by atoms with Crippen LogP contribution in [0.25, 0.3) is 10.9 Å². The van der Waals surface area contributed by atoms with Crippen LogP contribution < -0.4 is 5.43 Å². The molecule has 6 heteroatoms. The zero-order chi connectivity index (χ0) is 13.3. The summed E-state index contributed by atoms with van der Waals surface area (Å²) in [4.78, 5) is 26.5. The molecule has 0 saturated heterocycles.